The molecule has 0 aliphatic carbocycles. The lowest BCUT2D eigenvalue weighted by molar-refractivity contribution is 0.220. The summed E-state index contributed by atoms with van der Waals surface area (Å²) in [6.07, 6.45) is 3.53. The Hall–Kier alpha value is -1.71. The summed E-state index contributed by atoms with van der Waals surface area (Å²) < 4.78 is 0. The molecular formula is C14H21N3O. The Labute approximate surface area is 108 Å². The predicted molar refractivity (Wildman–Crippen MR) is 74.5 cm³/mol. The number of likely N-dealkylation sites (tertiary alicyclic amines) is 1. The molecule has 1 atom stereocenters. The highest BCUT2D eigenvalue weighted by molar-refractivity contribution is 5.89. The molecule has 0 bridgehead atoms. The molecule has 3 N–H and O–H groups in total. The Balaban J connectivity index is 1.87. The summed E-state index contributed by atoms with van der Waals surface area (Å²) in [5, 5.41) is 2.91. The monoisotopic (exact) mass is 247 g/mol. The van der Waals surface area contributed by atoms with E-state index in [2.05, 4.69) is 12.2 Å². The Morgan fingerprint density at radius 1 is 1.44 bits per heavy atom. The van der Waals surface area contributed by atoms with Gasteiger partial charge in [0.15, 0.2) is 0 Å². The lowest BCUT2D eigenvalue weighted by Gasteiger charge is -2.17. The van der Waals surface area contributed by atoms with Gasteiger partial charge >= 0.3 is 6.03 Å². The summed E-state index contributed by atoms with van der Waals surface area (Å²) in [7, 11) is 0. The van der Waals surface area contributed by atoms with Crippen LogP contribution in [-0.2, 0) is 0 Å². The van der Waals surface area contributed by atoms with Crippen LogP contribution in [0.2, 0.25) is 0 Å². The zero-order chi connectivity index (χ0) is 13.0. The van der Waals surface area contributed by atoms with Crippen LogP contribution in [0.1, 0.15) is 26.2 Å². The standard InChI is InChI=1S/C14H21N3O/c1-2-3-11-8-9-17(10-11)14(18)16-13-6-4-12(15)5-7-13/h4-7,11H,2-3,8-10,15H2,1H3,(H,16,18). The van der Waals surface area contributed by atoms with E-state index >= 15 is 0 Å². The normalized spacial score (nSPS) is 18.9. The van der Waals surface area contributed by atoms with E-state index in [0.717, 1.165) is 25.2 Å². The molecule has 2 rings (SSSR count). The maximum Gasteiger partial charge on any atom is 0.321 e. The average molecular weight is 247 g/mol. The molecule has 98 valence electrons. The van der Waals surface area contributed by atoms with Crippen LogP contribution >= 0.6 is 0 Å². The number of amides is 2. The Bertz CT molecular complexity index is 402. The zero-order valence-corrected chi connectivity index (χ0v) is 10.9. The lowest BCUT2D eigenvalue weighted by atomic mass is 10.0. The summed E-state index contributed by atoms with van der Waals surface area (Å²) in [5.74, 6) is 0.673. The minimum atomic E-state index is -0.00151. The van der Waals surface area contributed by atoms with Crippen molar-refractivity contribution in [1.29, 1.82) is 0 Å². The first-order chi connectivity index (χ1) is 8.69. The van der Waals surface area contributed by atoms with Gasteiger partial charge in [-0.15, -0.1) is 0 Å². The Morgan fingerprint density at radius 2 is 2.17 bits per heavy atom. The first-order valence-electron chi connectivity index (χ1n) is 6.60. The van der Waals surface area contributed by atoms with E-state index < -0.39 is 0 Å². The highest BCUT2D eigenvalue weighted by atomic mass is 16.2. The quantitative estimate of drug-likeness (QED) is 0.807. The van der Waals surface area contributed by atoms with Crippen LogP contribution in [0.15, 0.2) is 24.3 Å². The minimum Gasteiger partial charge on any atom is -0.399 e. The number of hydrogen-bond acceptors (Lipinski definition) is 2. The van der Waals surface area contributed by atoms with Gasteiger partial charge in [0.1, 0.15) is 0 Å². The number of nitrogen functional groups attached to an aromatic ring is 1. The number of nitrogens with zero attached hydrogens (tertiary/aromatic N) is 1. The highest BCUT2D eigenvalue weighted by Gasteiger charge is 2.25. The molecule has 1 heterocycles. The second-order valence-electron chi connectivity index (χ2n) is 4.94. The third-order valence-electron chi connectivity index (χ3n) is 3.43. The van der Waals surface area contributed by atoms with E-state index in [1.54, 1.807) is 12.1 Å². The second kappa shape index (κ2) is 5.76. The van der Waals surface area contributed by atoms with Gasteiger partial charge in [-0.3, -0.25) is 0 Å². The van der Waals surface area contributed by atoms with Crippen molar-refractivity contribution < 1.29 is 4.79 Å². The average Bonchev–Trinajstić information content (AvgIpc) is 2.81. The number of carbonyl (C=O) groups is 1. The van der Waals surface area contributed by atoms with Crippen LogP contribution in [0.25, 0.3) is 0 Å². The Morgan fingerprint density at radius 3 is 2.83 bits per heavy atom. The first kappa shape index (κ1) is 12.7. The summed E-state index contributed by atoms with van der Waals surface area (Å²) in [6.45, 7) is 3.94. The molecule has 1 unspecified atom stereocenters. The third kappa shape index (κ3) is 3.15. The molecule has 0 saturated carbocycles. The molecule has 2 amide bonds. The number of rotatable bonds is 3. The lowest BCUT2D eigenvalue weighted by Crippen LogP contribution is -2.32. The largest absolute Gasteiger partial charge is 0.399 e. The van der Waals surface area contributed by atoms with Gasteiger partial charge in [0.05, 0.1) is 0 Å². The molecule has 0 radical (unpaired) electrons. The highest BCUT2D eigenvalue weighted by Crippen LogP contribution is 2.21. The topological polar surface area (TPSA) is 58.4 Å². The molecule has 1 aromatic rings. The second-order valence-corrected chi connectivity index (χ2v) is 4.94. The maximum atomic E-state index is 12.0. The van der Waals surface area contributed by atoms with Crippen LogP contribution < -0.4 is 11.1 Å². The minimum absolute atomic E-state index is 0.00151. The number of anilines is 2. The molecule has 4 nitrogen and oxygen atoms in total. The van der Waals surface area contributed by atoms with Crippen molar-refractivity contribution in [2.45, 2.75) is 26.2 Å². The van der Waals surface area contributed by atoms with E-state index in [9.17, 15) is 4.79 Å². The van der Waals surface area contributed by atoms with Gasteiger partial charge in [-0.05, 0) is 43.0 Å². The van der Waals surface area contributed by atoms with Crippen molar-refractivity contribution >= 4 is 17.4 Å². The van der Waals surface area contributed by atoms with Gasteiger partial charge in [0.25, 0.3) is 0 Å². The molecule has 0 aromatic heterocycles. The number of urea groups is 1. The van der Waals surface area contributed by atoms with Crippen LogP contribution in [0.4, 0.5) is 16.2 Å². The third-order valence-corrected chi connectivity index (χ3v) is 3.43. The van der Waals surface area contributed by atoms with Crippen molar-refractivity contribution in [1.82, 2.24) is 4.90 Å². The van der Waals surface area contributed by atoms with Crippen LogP contribution in [0, 0.1) is 5.92 Å². The number of benzene rings is 1. The predicted octanol–water partition coefficient (Wildman–Crippen LogP) is 2.92. The van der Waals surface area contributed by atoms with Crippen molar-refractivity contribution in [3.05, 3.63) is 24.3 Å². The van der Waals surface area contributed by atoms with Gasteiger partial charge in [-0.2, -0.15) is 0 Å². The molecule has 18 heavy (non-hydrogen) atoms. The van der Waals surface area contributed by atoms with E-state index in [1.165, 1.54) is 12.8 Å². The van der Waals surface area contributed by atoms with Crippen LogP contribution in [0.5, 0.6) is 0 Å². The van der Waals surface area contributed by atoms with E-state index in [1.807, 2.05) is 17.0 Å². The molecule has 1 aliphatic rings. The van der Waals surface area contributed by atoms with E-state index in [4.69, 9.17) is 5.73 Å². The van der Waals surface area contributed by atoms with Crippen molar-refractivity contribution in [2.24, 2.45) is 5.92 Å². The fourth-order valence-electron chi connectivity index (χ4n) is 2.43. The van der Waals surface area contributed by atoms with Crippen molar-refractivity contribution in [2.75, 3.05) is 24.1 Å². The van der Waals surface area contributed by atoms with Crippen molar-refractivity contribution in [3.8, 4) is 0 Å². The summed E-state index contributed by atoms with van der Waals surface area (Å²) in [5.41, 5.74) is 7.11. The van der Waals surface area contributed by atoms with Gasteiger partial charge in [-0.25, -0.2) is 4.79 Å². The molecule has 1 aliphatic heterocycles. The van der Waals surface area contributed by atoms with Gasteiger partial charge in [0.2, 0.25) is 0 Å². The zero-order valence-electron chi connectivity index (χ0n) is 10.9. The van der Waals surface area contributed by atoms with Crippen LogP contribution in [-0.4, -0.2) is 24.0 Å². The molecule has 4 heteroatoms. The van der Waals surface area contributed by atoms with Gasteiger partial charge in [-0.1, -0.05) is 13.3 Å². The number of nitrogens with one attached hydrogen (secondary N) is 1. The SMILES string of the molecule is CCCC1CCN(C(=O)Nc2ccc(N)cc2)C1. The van der Waals surface area contributed by atoms with Crippen molar-refractivity contribution in [3.63, 3.8) is 0 Å². The summed E-state index contributed by atoms with van der Waals surface area (Å²) in [6, 6.07) is 7.23. The smallest absolute Gasteiger partial charge is 0.321 e. The van der Waals surface area contributed by atoms with Gasteiger partial charge in [0, 0.05) is 24.5 Å². The maximum absolute atomic E-state index is 12.0. The molecular weight excluding hydrogens is 226 g/mol. The fourth-order valence-corrected chi connectivity index (χ4v) is 2.43. The molecule has 1 fully saturated rings. The number of hydrogen-bond donors (Lipinski definition) is 2. The van der Waals surface area contributed by atoms with Gasteiger partial charge < -0.3 is 16.0 Å². The Kier molecular flexibility index (Phi) is 4.07. The summed E-state index contributed by atoms with van der Waals surface area (Å²) >= 11 is 0. The first-order valence-corrected chi connectivity index (χ1v) is 6.60. The fraction of sp³-hybridized carbons (Fsp3) is 0.500. The van der Waals surface area contributed by atoms with E-state index in [-0.39, 0.29) is 6.03 Å². The molecule has 0 spiro atoms. The van der Waals surface area contributed by atoms with Crippen LogP contribution in [0.3, 0.4) is 0 Å². The molecule has 1 saturated heterocycles. The molecule has 1 aromatic carbocycles. The summed E-state index contributed by atoms with van der Waals surface area (Å²) in [4.78, 5) is 13.9. The number of carbonyl (C=O) groups excluding carboxylic acids is 1. The number of nitrogens with two attached hydrogens (primary N) is 1. The van der Waals surface area contributed by atoms with E-state index in [0.29, 0.717) is 11.6 Å².